The van der Waals surface area contributed by atoms with Crippen LogP contribution in [0.4, 0.5) is 28.8 Å². The molecule has 10 rings (SSSR count). The Kier molecular flexibility index (Phi) is 28.2. The Hall–Kier alpha value is -10.2. The summed E-state index contributed by atoms with van der Waals surface area (Å²) in [5.74, 6) is 0. The number of hydrogen-bond donors (Lipinski definition) is 12. The molecular formula is C71H81N9O24. The molecule has 3 aliphatic heterocycles. The smallest absolute Gasteiger partial charge is 0.407 e. The minimum absolute atomic E-state index is 0.150. The zero-order valence-electron chi connectivity index (χ0n) is 55.7. The van der Waals surface area contributed by atoms with E-state index >= 15 is 0 Å². The van der Waals surface area contributed by atoms with Crippen molar-refractivity contribution in [2.45, 2.75) is 162 Å². The number of ether oxygens (including phenoxy) is 12. The lowest BCUT2D eigenvalue weighted by molar-refractivity contribution is -0.310. The number of benzene rings is 6. The fraction of sp³-hybridized carbons (Fsp3) is 0.408. The van der Waals surface area contributed by atoms with Crippen molar-refractivity contribution >= 4 is 36.6 Å². The largest absolute Gasteiger partial charge is 0.445 e. The number of aliphatic hydroxyl groups is 6. The SMILES string of the molecule is [N-]=[N+]=NC[C@H]1O[C@@H](O[C@@H]2[C@@H](O)[C@H](NC(=O)OCc3ccccc3)C[C@H](NC(=O)OCc3ccccc3)[C@H]2O[C@H]2O[C@H](CNC(=O)OCc3ccccc3)[C@@H](O)[C@H](O)[C@H]2NC(=O)OCc2ccccc2)[C@H](O)[C@@H]1O[C@H]1O[C@@H](CNC(=O)OCc2ccccc2)[C@@H](O)[C@H](O)[C@H]1NC(=O)OCc1ccccc1. The van der Waals surface area contributed by atoms with Gasteiger partial charge in [-0.05, 0) is 45.3 Å². The summed E-state index contributed by atoms with van der Waals surface area (Å²) in [6.45, 7) is -3.25. The summed E-state index contributed by atoms with van der Waals surface area (Å²) in [6, 6.07) is 44.7. The Morgan fingerprint density at radius 3 is 1.03 bits per heavy atom. The first-order valence-corrected chi connectivity index (χ1v) is 33.3. The third-order valence-electron chi connectivity index (χ3n) is 17.2. The van der Waals surface area contributed by atoms with E-state index in [0.29, 0.717) is 33.4 Å². The van der Waals surface area contributed by atoms with E-state index in [-0.39, 0.29) is 39.6 Å². The fourth-order valence-corrected chi connectivity index (χ4v) is 11.8. The lowest BCUT2D eigenvalue weighted by Crippen LogP contribution is -2.70. The van der Waals surface area contributed by atoms with Gasteiger partial charge in [0, 0.05) is 18.0 Å². The molecule has 4 aliphatic rings. The highest BCUT2D eigenvalue weighted by molar-refractivity contribution is 5.70. The average molecular weight is 1440 g/mol. The Bertz CT molecular complexity index is 3740. The van der Waals surface area contributed by atoms with Gasteiger partial charge in [0.15, 0.2) is 18.9 Å². The molecule has 33 heteroatoms. The van der Waals surface area contributed by atoms with Gasteiger partial charge in [0.2, 0.25) is 0 Å². The number of rotatable bonds is 28. The predicted molar refractivity (Wildman–Crippen MR) is 359 cm³/mol. The van der Waals surface area contributed by atoms with Crippen molar-refractivity contribution in [2.75, 3.05) is 19.6 Å². The van der Waals surface area contributed by atoms with Crippen LogP contribution in [-0.4, -0.2) is 203 Å². The summed E-state index contributed by atoms with van der Waals surface area (Å²) in [5, 5.41) is 91.7. The molecule has 3 heterocycles. The van der Waals surface area contributed by atoms with Crippen LogP contribution in [0.15, 0.2) is 187 Å². The number of nitrogens with zero attached hydrogens (tertiary/aromatic N) is 3. The van der Waals surface area contributed by atoms with Gasteiger partial charge in [-0.25, -0.2) is 28.8 Å². The second-order valence-electron chi connectivity index (χ2n) is 24.5. The van der Waals surface area contributed by atoms with E-state index in [2.05, 4.69) is 41.9 Å². The van der Waals surface area contributed by atoms with Crippen molar-refractivity contribution < 1.29 is 116 Å². The van der Waals surface area contributed by atoms with Gasteiger partial charge in [0.05, 0.1) is 24.7 Å². The molecule has 3 saturated heterocycles. The first-order chi connectivity index (χ1) is 50.5. The van der Waals surface area contributed by atoms with Gasteiger partial charge in [0.25, 0.3) is 0 Å². The molecule has 1 aliphatic carbocycles. The van der Waals surface area contributed by atoms with Crippen LogP contribution >= 0.6 is 0 Å². The van der Waals surface area contributed by atoms with E-state index in [1.54, 1.807) is 182 Å². The van der Waals surface area contributed by atoms with Crippen molar-refractivity contribution in [1.29, 1.82) is 0 Å². The zero-order valence-corrected chi connectivity index (χ0v) is 55.7. The molecule has 554 valence electrons. The number of alkyl carbamates (subject to hydrolysis) is 6. The number of hydrogen-bond acceptors (Lipinski definition) is 25. The molecule has 0 spiro atoms. The first kappa shape index (κ1) is 76.4. The van der Waals surface area contributed by atoms with Gasteiger partial charge in [-0.3, -0.25) is 0 Å². The molecule has 0 unspecified atom stereocenters. The maximum atomic E-state index is 14.3. The van der Waals surface area contributed by atoms with Crippen LogP contribution in [0.3, 0.4) is 0 Å². The quantitative estimate of drug-likeness (QED) is 0.0141. The van der Waals surface area contributed by atoms with Gasteiger partial charge in [-0.15, -0.1) is 0 Å². The number of nitrogens with one attached hydrogen (secondary N) is 6. The Morgan fingerprint density at radius 1 is 0.365 bits per heavy atom. The molecule has 6 aromatic rings. The number of azide groups is 1. The van der Waals surface area contributed by atoms with Gasteiger partial charge < -0.3 is 119 Å². The van der Waals surface area contributed by atoms with Crippen molar-refractivity contribution in [3.8, 4) is 0 Å². The average Bonchev–Trinajstić information content (AvgIpc) is 1.75. The van der Waals surface area contributed by atoms with Gasteiger partial charge in [-0.1, -0.05) is 187 Å². The van der Waals surface area contributed by atoms with E-state index in [9.17, 15) is 64.9 Å². The van der Waals surface area contributed by atoms with Crippen LogP contribution in [0.2, 0.25) is 0 Å². The molecular weight excluding hydrogens is 1360 g/mol. The maximum Gasteiger partial charge on any atom is 0.407 e. The minimum atomic E-state index is -2.13. The Labute approximate surface area is 595 Å². The summed E-state index contributed by atoms with van der Waals surface area (Å²) in [7, 11) is 0. The summed E-state index contributed by atoms with van der Waals surface area (Å²) in [6.07, 6.45) is -35.6. The normalized spacial score (nSPS) is 27.8. The maximum absolute atomic E-state index is 14.3. The van der Waals surface area contributed by atoms with E-state index in [0.717, 1.165) is 0 Å². The van der Waals surface area contributed by atoms with Crippen LogP contribution in [0.25, 0.3) is 10.4 Å². The summed E-state index contributed by atoms with van der Waals surface area (Å²) < 4.78 is 71.7. The summed E-state index contributed by atoms with van der Waals surface area (Å²) in [4.78, 5) is 84.8. The zero-order chi connectivity index (χ0) is 73.3. The highest BCUT2D eigenvalue weighted by atomic mass is 16.8. The second-order valence-corrected chi connectivity index (χ2v) is 24.5. The number of aliphatic hydroxyl groups excluding tert-OH is 6. The predicted octanol–water partition coefficient (Wildman–Crippen LogP) is 4.23. The highest BCUT2D eigenvalue weighted by Crippen LogP contribution is 2.37. The molecule has 0 bridgehead atoms. The van der Waals surface area contributed by atoms with Crippen LogP contribution < -0.4 is 31.9 Å². The lowest BCUT2D eigenvalue weighted by atomic mass is 9.83. The molecule has 6 amide bonds. The highest BCUT2D eigenvalue weighted by Gasteiger charge is 2.57. The standard InChI is InChI=1S/C71H81N9O24/c72-80-75-34-51-61(103-64-53(79-71(92)98-40-46-29-17-6-18-30-46)58(85)56(83)50(100-64)33-74-67(88)94-36-42-21-9-2-10-22-42)59(86)65(101-51)104-62-54(81)47(76-68(89)95-37-43-23-11-3-12-24-43)31-48(77-69(90)96-38-44-25-13-4-14-26-44)60(62)102-63-52(78-70(91)97-39-45-27-15-5-16-28-45)57(84)55(82)49(99-63)32-73-66(87)93-35-41-19-7-1-8-20-41/h1-30,47-65,81-86H,31-40H2,(H,73,87)(H,74,88)(H,76,89)(H,77,90)(H,78,91)(H,79,92)/t47-,48+,49-,50+,51-,52-,53-,54+,55-,56-,57-,58-,59-,60-,61-,62-,63-,64-,65+/m1/s1. The number of carbonyl (C=O) groups is 6. The molecule has 1 saturated carbocycles. The molecule has 104 heavy (non-hydrogen) atoms. The van der Waals surface area contributed by atoms with E-state index < -0.39 is 179 Å². The van der Waals surface area contributed by atoms with Gasteiger partial charge in [0.1, 0.15) is 119 Å². The molecule has 4 fully saturated rings. The molecule has 0 aromatic heterocycles. The molecule has 33 nitrogen and oxygen atoms in total. The number of carbonyl (C=O) groups excluding carboxylic acids is 6. The van der Waals surface area contributed by atoms with E-state index in [4.69, 9.17) is 56.8 Å². The van der Waals surface area contributed by atoms with Crippen molar-refractivity contribution in [3.05, 3.63) is 226 Å². The first-order valence-electron chi connectivity index (χ1n) is 33.3. The molecule has 12 N–H and O–H groups in total. The molecule has 19 atom stereocenters. The number of amides is 6. The van der Waals surface area contributed by atoms with Gasteiger partial charge >= 0.3 is 36.6 Å². The van der Waals surface area contributed by atoms with Crippen LogP contribution in [-0.2, 0) is 96.5 Å². The topological polar surface area (TPSA) is 456 Å². The second kappa shape index (κ2) is 38.3. The van der Waals surface area contributed by atoms with Gasteiger partial charge in [-0.2, -0.15) is 0 Å². The minimum Gasteiger partial charge on any atom is -0.445 e. The van der Waals surface area contributed by atoms with E-state index in [1.807, 2.05) is 0 Å². The molecule has 0 radical (unpaired) electrons. The third-order valence-corrected chi connectivity index (χ3v) is 17.2. The summed E-state index contributed by atoms with van der Waals surface area (Å²) in [5.41, 5.74) is 13.2. The van der Waals surface area contributed by atoms with Crippen LogP contribution in [0.5, 0.6) is 0 Å². The fourth-order valence-electron chi connectivity index (χ4n) is 11.8. The van der Waals surface area contributed by atoms with Crippen molar-refractivity contribution in [1.82, 2.24) is 31.9 Å². The van der Waals surface area contributed by atoms with Crippen molar-refractivity contribution in [3.63, 3.8) is 0 Å². The third kappa shape index (κ3) is 21.9. The molecule has 6 aromatic carbocycles. The summed E-state index contributed by atoms with van der Waals surface area (Å²) >= 11 is 0. The lowest BCUT2D eigenvalue weighted by Gasteiger charge is -2.49. The van der Waals surface area contributed by atoms with Crippen molar-refractivity contribution in [2.24, 2.45) is 5.11 Å². The van der Waals surface area contributed by atoms with Crippen LogP contribution in [0, 0.1) is 0 Å². The van der Waals surface area contributed by atoms with Crippen LogP contribution in [0.1, 0.15) is 39.8 Å². The Balaban J connectivity index is 0.976. The van der Waals surface area contributed by atoms with E-state index in [1.165, 1.54) is 0 Å². The monoisotopic (exact) mass is 1440 g/mol. The Morgan fingerprint density at radius 2 is 0.673 bits per heavy atom.